The summed E-state index contributed by atoms with van der Waals surface area (Å²) in [5.74, 6) is 0.628. The smallest absolute Gasteiger partial charge is 0.268 e. The summed E-state index contributed by atoms with van der Waals surface area (Å²) in [7, 11) is 1.55. The summed E-state index contributed by atoms with van der Waals surface area (Å²) in [6, 6.07) is 16.7. The number of anilines is 2. The Morgan fingerprint density at radius 1 is 1.14 bits per heavy atom. The van der Waals surface area contributed by atoms with Gasteiger partial charge < -0.3 is 24.4 Å². The summed E-state index contributed by atoms with van der Waals surface area (Å²) in [5.41, 5.74) is 2.07. The van der Waals surface area contributed by atoms with Gasteiger partial charge in [-0.05, 0) is 61.9 Å². The van der Waals surface area contributed by atoms with Crippen molar-refractivity contribution in [2.45, 2.75) is 26.5 Å². The van der Waals surface area contributed by atoms with E-state index in [1.54, 1.807) is 68.6 Å². The molecule has 0 saturated heterocycles. The van der Waals surface area contributed by atoms with Crippen molar-refractivity contribution in [1.82, 2.24) is 0 Å². The van der Waals surface area contributed by atoms with E-state index in [1.807, 2.05) is 13.0 Å². The number of carbonyl (C=O) groups excluding carboxylic acids is 2. The van der Waals surface area contributed by atoms with Crippen LogP contribution in [0.5, 0.6) is 17.2 Å². The second kappa shape index (κ2) is 10.9. The van der Waals surface area contributed by atoms with E-state index in [0.29, 0.717) is 40.8 Å². The first kappa shape index (κ1) is 24.8. The Morgan fingerprint density at radius 3 is 2.69 bits per heavy atom. The number of hydrogen-bond donors (Lipinski definition) is 1. The zero-order valence-corrected chi connectivity index (χ0v) is 20.3. The first-order chi connectivity index (χ1) is 17.4. The first-order valence-corrected chi connectivity index (χ1v) is 11.5. The summed E-state index contributed by atoms with van der Waals surface area (Å²) in [4.78, 5) is 26.9. The van der Waals surface area contributed by atoms with Crippen molar-refractivity contribution < 1.29 is 28.2 Å². The summed E-state index contributed by atoms with van der Waals surface area (Å²) >= 11 is 0. The number of nitrogens with one attached hydrogen (secondary N) is 1. The number of rotatable bonds is 8. The standard InChI is InChI=1S/C28H27FN2O5/c1-4-35-25-12-9-19(15-26(25)34-3)10-14-27(32)30-21-11-13-24-23(16-21)31(28(33)18(2)36-24)17-20-7-5-6-8-22(20)29/h5-16,18H,4,17H2,1-3H3,(H,30,32)/b14-10+. The fourth-order valence-corrected chi connectivity index (χ4v) is 3.86. The average molecular weight is 491 g/mol. The summed E-state index contributed by atoms with van der Waals surface area (Å²) in [6.45, 7) is 4.10. The van der Waals surface area contributed by atoms with Crippen LogP contribution < -0.4 is 24.4 Å². The van der Waals surface area contributed by atoms with E-state index in [0.717, 1.165) is 5.56 Å². The summed E-state index contributed by atoms with van der Waals surface area (Å²) in [5, 5.41) is 2.80. The second-order valence-corrected chi connectivity index (χ2v) is 8.12. The van der Waals surface area contributed by atoms with Gasteiger partial charge in [0.05, 0.1) is 25.9 Å². The van der Waals surface area contributed by atoms with Gasteiger partial charge in [0.25, 0.3) is 5.91 Å². The van der Waals surface area contributed by atoms with Crippen LogP contribution in [0, 0.1) is 5.82 Å². The molecule has 1 aliphatic rings. The summed E-state index contributed by atoms with van der Waals surface area (Å²) in [6.07, 6.45) is 2.35. The van der Waals surface area contributed by atoms with E-state index in [9.17, 15) is 14.0 Å². The Kier molecular flexibility index (Phi) is 7.53. The van der Waals surface area contributed by atoms with Crippen LogP contribution >= 0.6 is 0 Å². The maximum absolute atomic E-state index is 14.3. The minimum atomic E-state index is -0.709. The van der Waals surface area contributed by atoms with Crippen molar-refractivity contribution in [1.29, 1.82) is 0 Å². The molecule has 3 aromatic carbocycles. The Balaban J connectivity index is 1.52. The molecule has 0 aliphatic carbocycles. The molecule has 0 fully saturated rings. The van der Waals surface area contributed by atoms with Gasteiger partial charge in [0.1, 0.15) is 11.6 Å². The number of nitrogens with zero attached hydrogens (tertiary/aromatic N) is 1. The molecule has 3 aromatic rings. The Bertz CT molecular complexity index is 1310. The highest BCUT2D eigenvalue weighted by molar-refractivity contribution is 6.04. The molecule has 1 aliphatic heterocycles. The van der Waals surface area contributed by atoms with Crippen molar-refractivity contribution in [2.24, 2.45) is 0 Å². The molecule has 1 heterocycles. The highest BCUT2D eigenvalue weighted by atomic mass is 19.1. The van der Waals surface area contributed by atoms with Gasteiger partial charge >= 0.3 is 0 Å². The number of halogens is 1. The van der Waals surface area contributed by atoms with Crippen LogP contribution in [0.15, 0.2) is 66.7 Å². The molecule has 0 aromatic heterocycles. The van der Waals surface area contributed by atoms with Gasteiger partial charge in [-0.15, -0.1) is 0 Å². The van der Waals surface area contributed by atoms with Gasteiger partial charge in [0, 0.05) is 17.3 Å². The van der Waals surface area contributed by atoms with E-state index in [1.165, 1.54) is 17.0 Å². The first-order valence-electron chi connectivity index (χ1n) is 11.5. The van der Waals surface area contributed by atoms with Crippen LogP contribution in [0.3, 0.4) is 0 Å². The number of fused-ring (bicyclic) bond motifs is 1. The number of benzene rings is 3. The molecule has 0 spiro atoms. The number of carbonyl (C=O) groups is 2. The maximum Gasteiger partial charge on any atom is 0.268 e. The molecule has 36 heavy (non-hydrogen) atoms. The third kappa shape index (κ3) is 5.49. The maximum atomic E-state index is 14.3. The lowest BCUT2D eigenvalue weighted by atomic mass is 10.1. The van der Waals surface area contributed by atoms with Crippen LogP contribution in [-0.4, -0.2) is 31.6 Å². The lowest BCUT2D eigenvalue weighted by molar-refractivity contribution is -0.125. The van der Waals surface area contributed by atoms with Crippen LogP contribution in [0.25, 0.3) is 6.08 Å². The predicted octanol–water partition coefficient (Wildman–Crippen LogP) is 5.20. The van der Waals surface area contributed by atoms with Gasteiger partial charge in [-0.3, -0.25) is 9.59 Å². The fraction of sp³-hybridized carbons (Fsp3) is 0.214. The Hall–Kier alpha value is -4.33. The van der Waals surface area contributed by atoms with Crippen molar-refractivity contribution in [3.05, 3.63) is 83.7 Å². The zero-order chi connectivity index (χ0) is 25.7. The molecule has 8 heteroatoms. The van der Waals surface area contributed by atoms with Gasteiger partial charge in [0.15, 0.2) is 17.6 Å². The van der Waals surface area contributed by atoms with Crippen molar-refractivity contribution in [2.75, 3.05) is 23.9 Å². The normalized spacial score (nSPS) is 14.8. The van der Waals surface area contributed by atoms with E-state index >= 15 is 0 Å². The van der Waals surface area contributed by atoms with Crippen LogP contribution in [0.4, 0.5) is 15.8 Å². The monoisotopic (exact) mass is 490 g/mol. The molecule has 4 rings (SSSR count). The molecular weight excluding hydrogens is 463 g/mol. The van der Waals surface area contributed by atoms with Crippen molar-refractivity contribution in [3.8, 4) is 17.2 Å². The Morgan fingerprint density at radius 2 is 1.94 bits per heavy atom. The molecule has 186 valence electrons. The molecule has 0 saturated carbocycles. The van der Waals surface area contributed by atoms with Gasteiger partial charge in [-0.25, -0.2) is 4.39 Å². The lowest BCUT2D eigenvalue weighted by Crippen LogP contribution is -2.44. The van der Waals surface area contributed by atoms with Gasteiger partial charge in [-0.1, -0.05) is 24.3 Å². The number of hydrogen-bond acceptors (Lipinski definition) is 5. The van der Waals surface area contributed by atoms with Crippen LogP contribution in [-0.2, 0) is 16.1 Å². The largest absolute Gasteiger partial charge is 0.493 e. The minimum Gasteiger partial charge on any atom is -0.493 e. The van der Waals surface area contributed by atoms with E-state index < -0.39 is 11.9 Å². The third-order valence-electron chi connectivity index (χ3n) is 5.64. The minimum absolute atomic E-state index is 0.0447. The van der Waals surface area contributed by atoms with E-state index in [-0.39, 0.29) is 18.4 Å². The molecule has 0 radical (unpaired) electrons. The Labute approximate surface area is 209 Å². The SMILES string of the molecule is CCOc1ccc(/C=C/C(=O)Nc2ccc3c(c2)N(Cc2ccccc2F)C(=O)C(C)O3)cc1OC. The predicted molar refractivity (Wildman–Crippen MR) is 136 cm³/mol. The highest BCUT2D eigenvalue weighted by Gasteiger charge is 2.32. The molecule has 0 bridgehead atoms. The van der Waals surface area contributed by atoms with Crippen molar-refractivity contribution >= 4 is 29.3 Å². The molecule has 2 amide bonds. The molecule has 1 atom stereocenters. The van der Waals surface area contributed by atoms with E-state index in [2.05, 4.69) is 5.32 Å². The average Bonchev–Trinajstić information content (AvgIpc) is 2.87. The highest BCUT2D eigenvalue weighted by Crippen LogP contribution is 2.37. The quantitative estimate of drug-likeness (QED) is 0.439. The van der Waals surface area contributed by atoms with Crippen LogP contribution in [0.2, 0.25) is 0 Å². The number of methoxy groups -OCH3 is 1. The third-order valence-corrected chi connectivity index (χ3v) is 5.64. The molecular formula is C28H27FN2O5. The topological polar surface area (TPSA) is 77.1 Å². The lowest BCUT2D eigenvalue weighted by Gasteiger charge is -2.33. The second-order valence-electron chi connectivity index (χ2n) is 8.12. The zero-order valence-electron chi connectivity index (χ0n) is 20.3. The number of ether oxygens (including phenoxy) is 3. The molecule has 1 N–H and O–H groups in total. The van der Waals surface area contributed by atoms with Crippen LogP contribution in [0.1, 0.15) is 25.0 Å². The summed E-state index contributed by atoms with van der Waals surface area (Å²) < 4.78 is 30.9. The molecule has 1 unspecified atom stereocenters. The van der Waals surface area contributed by atoms with Gasteiger partial charge in [-0.2, -0.15) is 0 Å². The molecule has 7 nitrogen and oxygen atoms in total. The van der Waals surface area contributed by atoms with Gasteiger partial charge in [0.2, 0.25) is 5.91 Å². The number of amides is 2. The van der Waals surface area contributed by atoms with Crippen molar-refractivity contribution in [3.63, 3.8) is 0 Å². The van der Waals surface area contributed by atoms with E-state index in [4.69, 9.17) is 14.2 Å². The fourth-order valence-electron chi connectivity index (χ4n) is 3.86.